The fourth-order valence-electron chi connectivity index (χ4n) is 22.3. The van der Waals surface area contributed by atoms with E-state index < -0.39 is 95.8 Å². The fourth-order valence-corrected chi connectivity index (χ4v) is 22.7. The number of para-hydroxylation sites is 1. The van der Waals surface area contributed by atoms with Gasteiger partial charge in [-0.25, -0.2) is 0 Å². The molecule has 12 rings (SSSR count). The van der Waals surface area contributed by atoms with Gasteiger partial charge in [-0.15, -0.1) is 11.1 Å². The van der Waals surface area contributed by atoms with Crippen molar-refractivity contribution in [2.45, 2.75) is 251 Å². The second kappa shape index (κ2) is 55.7. The van der Waals surface area contributed by atoms with Gasteiger partial charge in [-0.3, -0.25) is 67.8 Å². The number of ketones is 3. The molecule has 5 aliphatic carbocycles. The maximum absolute atomic E-state index is 15.0. The van der Waals surface area contributed by atoms with Gasteiger partial charge in [0, 0.05) is 75.8 Å². The number of rotatable bonds is 60. The van der Waals surface area contributed by atoms with Crippen LogP contribution in [0.3, 0.4) is 0 Å². The Bertz CT molecular complexity index is 5150. The molecular formula is C107H157N12O25P. The van der Waals surface area contributed by atoms with Gasteiger partial charge in [0.05, 0.1) is 184 Å². The summed E-state index contributed by atoms with van der Waals surface area (Å²) in [5.41, 5.74) is 22.9. The van der Waals surface area contributed by atoms with Gasteiger partial charge in [0.15, 0.2) is 11.6 Å². The summed E-state index contributed by atoms with van der Waals surface area (Å²) in [6.45, 7) is 18.5. The van der Waals surface area contributed by atoms with Crippen molar-refractivity contribution in [2.75, 3.05) is 163 Å². The van der Waals surface area contributed by atoms with Gasteiger partial charge in [-0.1, -0.05) is 141 Å². The third kappa shape index (κ3) is 31.6. The molecule has 3 aliphatic heterocycles. The summed E-state index contributed by atoms with van der Waals surface area (Å²) in [5.74, 6) is -5.21. The summed E-state index contributed by atoms with van der Waals surface area (Å²) in [6.07, 6.45) is 12.3. The molecule has 2 saturated carbocycles. The molecular weight excluding hydrogens is 1880 g/mol. The number of aliphatic hydroxyl groups excluding tert-OH is 1. The number of nitrogens with one attached hydrogen (secondary N) is 9. The van der Waals surface area contributed by atoms with E-state index in [0.717, 1.165) is 132 Å². The predicted molar refractivity (Wildman–Crippen MR) is 542 cm³/mol. The van der Waals surface area contributed by atoms with Crippen molar-refractivity contribution < 1.29 is 120 Å². The molecule has 1 unspecified atom stereocenters. The zero-order valence-electron chi connectivity index (χ0n) is 86.0. The van der Waals surface area contributed by atoms with Gasteiger partial charge < -0.3 is 104 Å². The summed E-state index contributed by atoms with van der Waals surface area (Å²) in [7, 11) is -2.15. The van der Waals surface area contributed by atoms with Crippen molar-refractivity contribution in [2.24, 2.45) is 34.5 Å². The van der Waals surface area contributed by atoms with Crippen LogP contribution in [-0.4, -0.2) is 271 Å². The van der Waals surface area contributed by atoms with Gasteiger partial charge in [-0.2, -0.15) is 0 Å². The molecule has 0 saturated heterocycles. The van der Waals surface area contributed by atoms with Gasteiger partial charge >= 0.3 is 7.60 Å². The van der Waals surface area contributed by atoms with Crippen LogP contribution in [0.15, 0.2) is 96.3 Å². The van der Waals surface area contributed by atoms with Crippen LogP contribution in [0.4, 0.5) is 5.69 Å². The lowest BCUT2D eigenvalue weighted by Crippen LogP contribution is -2.60. The first-order valence-electron chi connectivity index (χ1n) is 52.2. The fraction of sp³-hybridized carbons (Fsp3) is 0.645. The number of amides is 7. The number of imide groups is 1. The van der Waals surface area contributed by atoms with E-state index in [0.29, 0.717) is 130 Å². The quantitative estimate of drug-likeness (QED) is 0.0111. The molecule has 2 fully saturated rings. The molecule has 37 nitrogen and oxygen atoms in total. The molecule has 13 N–H and O–H groups in total. The molecule has 800 valence electrons. The Morgan fingerprint density at radius 1 is 0.538 bits per heavy atom. The molecule has 145 heavy (non-hydrogen) atoms. The van der Waals surface area contributed by atoms with Gasteiger partial charge in [-0.05, 0) is 176 Å². The van der Waals surface area contributed by atoms with E-state index in [1.165, 1.54) is 12.5 Å². The highest BCUT2D eigenvalue weighted by atomic mass is 31.2. The minimum Gasteiger partial charge on any atom is -0.508 e. The second-order valence-corrected chi connectivity index (χ2v) is 42.7. The van der Waals surface area contributed by atoms with Crippen LogP contribution in [0.1, 0.15) is 234 Å². The molecule has 38 heteroatoms. The summed E-state index contributed by atoms with van der Waals surface area (Å²) >= 11 is 0. The number of carbonyl (C=O) groups excluding carboxylic acids is 10. The Hall–Kier alpha value is -9.51. The lowest BCUT2D eigenvalue weighted by molar-refractivity contribution is -0.150. The molecule has 8 aliphatic rings. The highest BCUT2D eigenvalue weighted by Gasteiger charge is 2.59. The highest BCUT2D eigenvalue weighted by Crippen LogP contribution is 2.60. The van der Waals surface area contributed by atoms with Gasteiger partial charge in [0.25, 0.3) is 0 Å². The largest absolute Gasteiger partial charge is 0.508 e. The Balaban J connectivity index is 0.570. The number of Topliss-reactive ketones (excluding diaryl/α,β-unsaturated/α-hetero) is 3. The second-order valence-electron chi connectivity index (χ2n) is 40.9. The third-order valence-corrected chi connectivity index (χ3v) is 31.0. The number of aliphatic hydroxyl groups is 1. The maximum Gasteiger partial charge on any atom is 0.327 e. The molecule has 0 aromatic heterocycles. The number of unbranched alkanes of at least 4 members (excludes halogenated alkanes) is 1. The Morgan fingerprint density at radius 3 is 1.75 bits per heavy atom. The average Bonchev–Trinajstić information content (AvgIpc) is 1.58. The van der Waals surface area contributed by atoms with E-state index in [1.807, 2.05) is 110 Å². The normalized spacial score (nSPS) is 22.0. The number of anilines is 1. The van der Waals surface area contributed by atoms with Crippen molar-refractivity contribution in [3.63, 3.8) is 0 Å². The number of phenolic OH excluding ortho intramolecular Hbond substituents is 1. The lowest BCUT2D eigenvalue weighted by Gasteiger charge is -2.56. The van der Waals surface area contributed by atoms with Crippen LogP contribution in [0, 0.1) is 34.5 Å². The van der Waals surface area contributed by atoms with Gasteiger partial charge in [0.1, 0.15) is 36.3 Å². The summed E-state index contributed by atoms with van der Waals surface area (Å²) in [6, 6.07) is 23.7. The number of hydrogen-bond acceptors (Lipinski definition) is 29. The molecule has 0 bridgehead atoms. The molecule has 7 amide bonds. The average molecular weight is 2040 g/mol. The zero-order chi connectivity index (χ0) is 104. The molecule has 11 atom stereocenters. The first kappa shape index (κ1) is 114. The molecule has 4 aromatic rings. The van der Waals surface area contributed by atoms with Crippen LogP contribution < -0.4 is 53.4 Å². The number of aryl methyl sites for hydroxylation is 2. The van der Waals surface area contributed by atoms with Crippen LogP contribution in [0.2, 0.25) is 0 Å². The Morgan fingerprint density at radius 2 is 1.12 bits per heavy atom. The molecule has 3 heterocycles. The SMILES string of the molecule is CC(C)[C@H](NC(=O)[C@@H](CCCCNC(=O)COC1CCCCCC2=C1NNN2CCOCCOCCOCCOCCOCCP(=O)(O)O)NC(=O)CCOCCOCCOCCOCCCC(=O)CCC(=O)N1Cc2ccccc2C2=C(NNN2C)c2ccccc21)C(=O)C[C@@H](C)C(=O)N[C@@H](CO)C(=O)Cc1ccc2c(c1)[C@@]1(C)CCC[C@](C)(C(=O)NC(=O)[C@@]3(C)CCC[C@]4(C)c5cc(O)ccc5CC[C@@H]34)[C@@H]1CC2. The number of hydrogen-bond donors (Lipinski definition) is 13. The van der Waals surface area contributed by atoms with Crippen LogP contribution in [-0.2, 0) is 137 Å². The maximum atomic E-state index is 15.0. The molecule has 0 radical (unpaired) electrons. The number of allylic oxidation sites excluding steroid dienone is 1. The zero-order valence-corrected chi connectivity index (χ0v) is 86.9. The standard InChI is InChI=1S/C107H157N12O25P/c1-72(2)96(89(124)65-73(3)100(128)110-85(70-120)88(123)67-74-29-30-75-32-36-91-104(4,82(75)66-74)40-19-42-106(91,6)102(130)112-103(131)107(7)43-20-41-105(5)83-68-79(122)34-31-76(83)33-37-92(105)107)111-101(129)84(25-16-17-44-108-94(126)71-144-90-28-11-9-10-27-87-98(90)114-116-119(87)45-48-137-51-54-140-57-58-141-59-60-142-61-62-143-63-64-145(132,133)134)109-93(125)39-47-136-50-53-139-56-55-138-52-49-135-46-18-22-78(121)35-38-95(127)118-69-77-21-12-13-23-80(77)99-97(113-115-117(99)8)81-24-14-15-26-86(81)118/h12-15,21,23-24,26,29-31,34,66,68,72-73,84-85,90-92,96,113-116,120,122H,9-11,16-20,22,25,27-28,32-33,35-65,67,69-71H2,1-8H3,(H,108,126)(H,109,125)(H,110,128)(H,111,129)(H,112,130,131)(H2,132,133,134)/t73-,84-,85+,90?,91-,92-,96+,104-,105-,106+,107+/m1/s1. The Kier molecular flexibility index (Phi) is 43.8. The minimum absolute atomic E-state index is 0.0121. The van der Waals surface area contributed by atoms with Crippen LogP contribution in [0.25, 0.3) is 11.4 Å². The van der Waals surface area contributed by atoms with Crippen molar-refractivity contribution in [1.29, 1.82) is 0 Å². The van der Waals surface area contributed by atoms with E-state index >= 15 is 0 Å². The molecule has 0 spiro atoms. The summed E-state index contributed by atoms with van der Waals surface area (Å²) in [5, 5.41) is 39.6. The monoisotopic (exact) mass is 2040 g/mol. The van der Waals surface area contributed by atoms with Crippen molar-refractivity contribution >= 4 is 83.4 Å². The van der Waals surface area contributed by atoms with E-state index in [4.69, 9.17) is 57.2 Å². The summed E-state index contributed by atoms with van der Waals surface area (Å²) < 4.78 is 67.7. The first-order valence-corrected chi connectivity index (χ1v) is 54.0. The van der Waals surface area contributed by atoms with Crippen molar-refractivity contribution in [3.05, 3.63) is 141 Å². The van der Waals surface area contributed by atoms with E-state index in [9.17, 15) is 62.7 Å². The number of benzene rings is 4. The third-order valence-electron chi connectivity index (χ3n) is 30.2. The van der Waals surface area contributed by atoms with Crippen LogP contribution in [0.5, 0.6) is 5.75 Å². The number of nitrogens with zero attached hydrogens (tertiary/aromatic N) is 3. The first-order chi connectivity index (χ1) is 69.7. The predicted octanol–water partition coefficient (Wildman–Crippen LogP) is 8.91. The van der Waals surface area contributed by atoms with Gasteiger partial charge in [0.2, 0.25) is 41.4 Å². The van der Waals surface area contributed by atoms with Crippen molar-refractivity contribution in [1.82, 2.24) is 58.5 Å². The number of carbonyl (C=O) groups is 10. The number of fused-ring (bicyclic) bond motifs is 10. The van der Waals surface area contributed by atoms with E-state index in [1.54, 1.807) is 24.8 Å². The summed E-state index contributed by atoms with van der Waals surface area (Å²) in [4.78, 5) is 161. The topological polar surface area (TPSA) is 479 Å². The number of ether oxygens (including phenoxy) is 10. The van der Waals surface area contributed by atoms with Crippen LogP contribution >= 0.6 is 7.60 Å². The smallest absolute Gasteiger partial charge is 0.327 e. The number of hydrazine groups is 4. The highest BCUT2D eigenvalue weighted by molar-refractivity contribution is 7.51. The van der Waals surface area contributed by atoms with E-state index in [-0.39, 0.29) is 170 Å². The number of phenols is 1. The number of aromatic hydroxyl groups is 1. The minimum atomic E-state index is -4.09. The lowest BCUT2D eigenvalue weighted by atomic mass is 9.49. The van der Waals surface area contributed by atoms with E-state index in [2.05, 4.69) is 62.4 Å². The van der Waals surface area contributed by atoms with Crippen molar-refractivity contribution in [3.8, 4) is 5.75 Å². The Labute approximate surface area is 852 Å². The molecule has 4 aromatic carbocycles.